The van der Waals surface area contributed by atoms with Crippen LogP contribution in [-0.4, -0.2) is 34.4 Å². The normalized spacial score (nSPS) is 22.3. The van der Waals surface area contributed by atoms with Gasteiger partial charge in [0.25, 0.3) is 0 Å². The van der Waals surface area contributed by atoms with E-state index >= 15 is 0 Å². The highest BCUT2D eigenvalue weighted by molar-refractivity contribution is 6.62. The van der Waals surface area contributed by atoms with E-state index in [1.165, 1.54) is 5.56 Å². The molecular weight excluding hydrogens is 393 g/mol. The number of carbonyl (C=O) groups is 1. The number of hydrogen-bond donors (Lipinski definition) is 1. The van der Waals surface area contributed by atoms with Gasteiger partial charge < -0.3 is 19.0 Å². The van der Waals surface area contributed by atoms with Gasteiger partial charge in [-0.25, -0.2) is 0 Å². The number of benzene rings is 1. The molecule has 2 aromatic rings. The lowest BCUT2D eigenvalue weighted by atomic mass is 9.75. The van der Waals surface area contributed by atoms with Gasteiger partial charge in [-0.3, -0.25) is 4.79 Å². The molecule has 1 fully saturated rings. The molecule has 166 valence electrons. The molecule has 1 aromatic heterocycles. The minimum absolute atomic E-state index is 0.00545. The highest BCUT2D eigenvalue weighted by Gasteiger charge is 2.51. The van der Waals surface area contributed by atoms with Crippen LogP contribution >= 0.6 is 0 Å². The van der Waals surface area contributed by atoms with Gasteiger partial charge in [-0.15, -0.1) is 10.2 Å². The van der Waals surface area contributed by atoms with Crippen LogP contribution in [0.4, 0.5) is 0 Å². The molecule has 1 atom stereocenters. The summed E-state index contributed by atoms with van der Waals surface area (Å²) in [5.41, 5.74) is 2.30. The summed E-state index contributed by atoms with van der Waals surface area (Å²) in [5.74, 6) is 0.121. The van der Waals surface area contributed by atoms with E-state index in [1.807, 2.05) is 26.8 Å². The summed E-state index contributed by atoms with van der Waals surface area (Å²) in [6.07, 6.45) is 2.82. The van der Waals surface area contributed by atoms with Gasteiger partial charge in [-0.1, -0.05) is 39.0 Å². The second kappa shape index (κ2) is 7.45. The Morgan fingerprint density at radius 2 is 1.81 bits per heavy atom. The number of rotatable bonds is 3. The molecule has 31 heavy (non-hydrogen) atoms. The summed E-state index contributed by atoms with van der Waals surface area (Å²) in [4.78, 5) is 12.7. The van der Waals surface area contributed by atoms with Crippen molar-refractivity contribution in [2.24, 2.45) is 0 Å². The van der Waals surface area contributed by atoms with Gasteiger partial charge in [0.15, 0.2) is 0 Å². The largest absolute Gasteiger partial charge is 0.494 e. The first kappa shape index (κ1) is 22.0. The number of nitrogens with one attached hydrogen (secondary N) is 1. The molecule has 4 rings (SSSR count). The number of nitrogens with zero attached hydrogens (tertiary/aromatic N) is 2. The fourth-order valence-corrected chi connectivity index (χ4v) is 3.95. The Hall–Kier alpha value is -2.19. The lowest BCUT2D eigenvalue weighted by Gasteiger charge is -2.32. The van der Waals surface area contributed by atoms with Crippen LogP contribution in [0, 0.1) is 0 Å². The summed E-state index contributed by atoms with van der Waals surface area (Å²) in [6.45, 7) is 14.1. The van der Waals surface area contributed by atoms with Crippen molar-refractivity contribution in [3.05, 3.63) is 41.1 Å². The molecule has 0 spiro atoms. The zero-order chi connectivity index (χ0) is 22.6. The Morgan fingerprint density at radius 1 is 1.13 bits per heavy atom. The Bertz CT molecular complexity index is 977. The first-order valence-electron chi connectivity index (χ1n) is 11.0. The molecule has 1 N–H and O–H groups in total. The molecule has 0 saturated carbocycles. The van der Waals surface area contributed by atoms with Gasteiger partial charge in [0.2, 0.25) is 5.89 Å². The smallest absolute Gasteiger partial charge is 0.416 e. The predicted molar refractivity (Wildman–Crippen MR) is 118 cm³/mol. The maximum atomic E-state index is 12.7. The van der Waals surface area contributed by atoms with Crippen molar-refractivity contribution >= 4 is 18.5 Å². The lowest BCUT2D eigenvalue weighted by molar-refractivity contribution is 0.00578. The second-order valence-electron chi connectivity index (χ2n) is 10.6. The third-order valence-electron chi connectivity index (χ3n) is 6.57. The molecule has 2 heterocycles. The summed E-state index contributed by atoms with van der Waals surface area (Å²) in [6, 6.07) is 6.18. The van der Waals surface area contributed by atoms with Crippen molar-refractivity contribution in [2.75, 3.05) is 0 Å². The molecule has 0 radical (unpaired) electrons. The van der Waals surface area contributed by atoms with Crippen molar-refractivity contribution in [2.45, 2.75) is 90.4 Å². The lowest BCUT2D eigenvalue weighted by Crippen LogP contribution is -2.41. The van der Waals surface area contributed by atoms with Crippen LogP contribution in [-0.2, 0) is 21.1 Å². The van der Waals surface area contributed by atoms with Crippen LogP contribution in [0.5, 0.6) is 0 Å². The molecule has 1 amide bonds. The number of aryl methyl sites for hydroxylation is 1. The van der Waals surface area contributed by atoms with E-state index in [1.54, 1.807) is 0 Å². The van der Waals surface area contributed by atoms with Crippen LogP contribution in [0.25, 0.3) is 0 Å². The molecule has 1 aliphatic heterocycles. The highest BCUT2D eigenvalue weighted by Crippen LogP contribution is 2.37. The first-order valence-corrected chi connectivity index (χ1v) is 11.0. The maximum Gasteiger partial charge on any atom is 0.494 e. The predicted octanol–water partition coefficient (Wildman–Crippen LogP) is 3.47. The maximum absolute atomic E-state index is 12.7. The zero-order valence-corrected chi connectivity index (χ0v) is 19.5. The molecule has 8 heteroatoms. The Morgan fingerprint density at radius 3 is 2.42 bits per heavy atom. The van der Waals surface area contributed by atoms with E-state index in [4.69, 9.17) is 13.7 Å². The topological polar surface area (TPSA) is 86.5 Å². The van der Waals surface area contributed by atoms with E-state index < -0.39 is 0 Å². The van der Waals surface area contributed by atoms with E-state index in [2.05, 4.69) is 55.3 Å². The SMILES string of the molecule is CC(C)(C)c1nnc(C(=O)NC2CCCc3cc(B4OC(C)(C)C(C)(C)O4)ccc32)o1. The fourth-order valence-electron chi connectivity index (χ4n) is 3.95. The van der Waals surface area contributed by atoms with E-state index in [0.717, 1.165) is 30.3 Å². The van der Waals surface area contributed by atoms with Gasteiger partial charge in [0.1, 0.15) is 0 Å². The van der Waals surface area contributed by atoms with Crippen LogP contribution in [0.1, 0.15) is 95.1 Å². The van der Waals surface area contributed by atoms with Gasteiger partial charge in [0, 0.05) is 5.41 Å². The number of carbonyl (C=O) groups excluding carboxylic acids is 1. The van der Waals surface area contributed by atoms with Crippen LogP contribution in [0.3, 0.4) is 0 Å². The molecule has 2 aliphatic rings. The Kier molecular flexibility index (Phi) is 5.29. The van der Waals surface area contributed by atoms with Gasteiger partial charge >= 0.3 is 18.9 Å². The van der Waals surface area contributed by atoms with Crippen LogP contribution < -0.4 is 10.8 Å². The fraction of sp³-hybridized carbons (Fsp3) is 0.609. The molecule has 0 bridgehead atoms. The number of aromatic nitrogens is 2. The van der Waals surface area contributed by atoms with Crippen molar-refractivity contribution in [1.29, 1.82) is 0 Å². The van der Waals surface area contributed by atoms with Crippen LogP contribution in [0.15, 0.2) is 22.6 Å². The van der Waals surface area contributed by atoms with Crippen molar-refractivity contribution in [3.8, 4) is 0 Å². The third kappa shape index (κ3) is 4.15. The second-order valence-corrected chi connectivity index (χ2v) is 10.6. The van der Waals surface area contributed by atoms with E-state index in [-0.39, 0.29) is 41.6 Å². The Labute approximate surface area is 184 Å². The molecule has 1 unspecified atom stereocenters. The number of fused-ring (bicyclic) bond motifs is 1. The zero-order valence-electron chi connectivity index (χ0n) is 19.5. The minimum Gasteiger partial charge on any atom is -0.416 e. The average molecular weight is 425 g/mol. The molecule has 7 nitrogen and oxygen atoms in total. The van der Waals surface area contributed by atoms with Crippen molar-refractivity contribution in [3.63, 3.8) is 0 Å². The average Bonchev–Trinajstić information content (AvgIpc) is 3.25. The molecular formula is C23H32BN3O4. The number of amides is 1. The van der Waals surface area contributed by atoms with E-state index in [0.29, 0.717) is 5.89 Å². The Balaban J connectivity index is 1.51. The summed E-state index contributed by atoms with van der Waals surface area (Å²) >= 11 is 0. The number of hydrogen-bond acceptors (Lipinski definition) is 6. The first-order chi connectivity index (χ1) is 14.4. The quantitative estimate of drug-likeness (QED) is 0.758. The highest BCUT2D eigenvalue weighted by atomic mass is 16.7. The van der Waals surface area contributed by atoms with Gasteiger partial charge in [-0.05, 0) is 63.5 Å². The summed E-state index contributed by atoms with van der Waals surface area (Å²) in [7, 11) is -0.389. The van der Waals surface area contributed by atoms with E-state index in [9.17, 15) is 4.79 Å². The van der Waals surface area contributed by atoms with Gasteiger partial charge in [-0.2, -0.15) is 0 Å². The standard InChI is InChI=1S/C23H32BN3O4/c1-21(2,3)20-27-26-19(29-20)18(28)25-17-10-8-9-14-13-15(11-12-16(14)17)24-30-22(4,5)23(6,7)31-24/h11-13,17H,8-10H2,1-7H3,(H,25,28). The molecule has 1 aromatic carbocycles. The van der Waals surface area contributed by atoms with Crippen molar-refractivity contribution in [1.82, 2.24) is 15.5 Å². The van der Waals surface area contributed by atoms with Crippen LogP contribution in [0.2, 0.25) is 0 Å². The molecule has 1 aliphatic carbocycles. The molecule has 1 saturated heterocycles. The summed E-state index contributed by atoms with van der Waals surface area (Å²) < 4.78 is 18.0. The van der Waals surface area contributed by atoms with Crippen molar-refractivity contribution < 1.29 is 18.5 Å². The monoisotopic (exact) mass is 425 g/mol. The minimum atomic E-state index is -0.389. The van der Waals surface area contributed by atoms with Gasteiger partial charge in [0.05, 0.1) is 17.2 Å². The third-order valence-corrected chi connectivity index (χ3v) is 6.57. The summed E-state index contributed by atoms with van der Waals surface area (Å²) in [5, 5.41) is 11.0.